The van der Waals surface area contributed by atoms with Crippen molar-refractivity contribution in [1.82, 2.24) is 15.3 Å². The highest BCUT2D eigenvalue weighted by atomic mass is 16.5. The number of hydrogen-bond donors (Lipinski definition) is 2. The Kier molecular flexibility index (Phi) is 10.6. The summed E-state index contributed by atoms with van der Waals surface area (Å²) in [4.78, 5) is 32.8. The number of H-pyrrole nitrogens is 1. The summed E-state index contributed by atoms with van der Waals surface area (Å²) in [6.07, 6.45) is 3.06. The van der Waals surface area contributed by atoms with Crippen LogP contribution in [0.5, 0.6) is 5.75 Å². The highest BCUT2D eigenvalue weighted by molar-refractivity contribution is 5.76. The first-order valence-corrected chi connectivity index (χ1v) is 12.2. The predicted molar refractivity (Wildman–Crippen MR) is 132 cm³/mol. The first kappa shape index (κ1) is 26.6. The van der Waals surface area contributed by atoms with E-state index in [-0.39, 0.29) is 23.5 Å². The van der Waals surface area contributed by atoms with Crippen LogP contribution in [0.15, 0.2) is 23.0 Å². The molecule has 2 N–H and O–H groups in total. The lowest BCUT2D eigenvalue weighted by Gasteiger charge is -2.23. The maximum atomic E-state index is 12.7. The van der Waals surface area contributed by atoms with Gasteiger partial charge < -0.3 is 19.8 Å². The molecular formula is C26H39N3O4. The Morgan fingerprint density at radius 1 is 1.15 bits per heavy atom. The molecule has 182 valence electrons. The number of aromatic nitrogens is 2. The molecule has 1 aromatic carbocycles. The van der Waals surface area contributed by atoms with E-state index in [1.54, 1.807) is 0 Å². The smallest absolute Gasteiger partial charge is 0.323 e. The molecule has 2 rings (SSSR count). The second kappa shape index (κ2) is 13.1. The number of esters is 1. The summed E-state index contributed by atoms with van der Waals surface area (Å²) in [6, 6.07) is 5.46. The molecule has 0 saturated carbocycles. The Morgan fingerprint density at radius 3 is 2.52 bits per heavy atom. The molecule has 0 fully saturated rings. The van der Waals surface area contributed by atoms with Crippen LogP contribution in [0.1, 0.15) is 71.2 Å². The van der Waals surface area contributed by atoms with Gasteiger partial charge in [0, 0.05) is 12.1 Å². The van der Waals surface area contributed by atoms with Crippen molar-refractivity contribution < 1.29 is 14.3 Å². The van der Waals surface area contributed by atoms with E-state index in [0.717, 1.165) is 35.2 Å². The number of nitrogens with zero attached hydrogens (tertiary/aromatic N) is 1. The Morgan fingerprint density at radius 2 is 1.91 bits per heavy atom. The summed E-state index contributed by atoms with van der Waals surface area (Å²) in [7, 11) is 0. The van der Waals surface area contributed by atoms with Crippen LogP contribution in [0.25, 0.3) is 11.4 Å². The first-order valence-electron chi connectivity index (χ1n) is 12.2. The fourth-order valence-electron chi connectivity index (χ4n) is 3.75. The summed E-state index contributed by atoms with van der Waals surface area (Å²) >= 11 is 0. The maximum absolute atomic E-state index is 12.7. The highest BCUT2D eigenvalue weighted by Crippen LogP contribution is 2.29. The molecule has 33 heavy (non-hydrogen) atoms. The van der Waals surface area contributed by atoms with Gasteiger partial charge in [-0.2, -0.15) is 0 Å². The third kappa shape index (κ3) is 6.90. The maximum Gasteiger partial charge on any atom is 0.323 e. The first-order chi connectivity index (χ1) is 15.9. The van der Waals surface area contributed by atoms with Crippen LogP contribution in [0, 0.1) is 5.92 Å². The topological polar surface area (TPSA) is 93.3 Å². The fourth-order valence-corrected chi connectivity index (χ4v) is 3.75. The van der Waals surface area contributed by atoms with E-state index in [9.17, 15) is 9.59 Å². The fraction of sp³-hybridized carbons (Fsp3) is 0.577. The predicted octanol–water partition coefficient (Wildman–Crippen LogP) is 4.42. The number of carbonyl (C=O) groups excluding carboxylic acids is 1. The molecule has 2 aromatic rings. The molecule has 2 unspecified atom stereocenters. The van der Waals surface area contributed by atoms with Gasteiger partial charge in [-0.05, 0) is 49.8 Å². The van der Waals surface area contributed by atoms with Gasteiger partial charge in [-0.25, -0.2) is 4.98 Å². The normalized spacial score (nSPS) is 12.9. The van der Waals surface area contributed by atoms with E-state index < -0.39 is 0 Å². The van der Waals surface area contributed by atoms with E-state index in [0.29, 0.717) is 44.2 Å². The average Bonchev–Trinajstić information content (AvgIpc) is 2.82. The van der Waals surface area contributed by atoms with Gasteiger partial charge in [0.1, 0.15) is 17.6 Å². The highest BCUT2D eigenvalue weighted by Gasteiger charge is 2.25. The zero-order valence-electron chi connectivity index (χ0n) is 20.9. The van der Waals surface area contributed by atoms with Gasteiger partial charge in [0.2, 0.25) is 0 Å². The van der Waals surface area contributed by atoms with Crippen LogP contribution < -0.4 is 15.6 Å². The minimum Gasteiger partial charge on any atom is -0.493 e. The largest absolute Gasteiger partial charge is 0.493 e. The van der Waals surface area contributed by atoms with Gasteiger partial charge in [-0.1, -0.05) is 47.1 Å². The summed E-state index contributed by atoms with van der Waals surface area (Å²) in [5.41, 5.74) is 3.13. The van der Waals surface area contributed by atoms with Crippen LogP contribution >= 0.6 is 0 Å². The summed E-state index contributed by atoms with van der Waals surface area (Å²) in [5, 5.41) is 3.36. The number of nitrogens with one attached hydrogen (secondary N) is 2. The lowest BCUT2D eigenvalue weighted by Crippen LogP contribution is -2.42. The van der Waals surface area contributed by atoms with E-state index in [4.69, 9.17) is 14.5 Å². The number of hydrogen-bond acceptors (Lipinski definition) is 6. The average molecular weight is 458 g/mol. The van der Waals surface area contributed by atoms with Gasteiger partial charge >= 0.3 is 5.97 Å². The summed E-state index contributed by atoms with van der Waals surface area (Å²) in [5.74, 6) is 1.09. The Hall–Kier alpha value is -2.67. The van der Waals surface area contributed by atoms with Crippen molar-refractivity contribution >= 4 is 5.97 Å². The molecular weight excluding hydrogens is 418 g/mol. The summed E-state index contributed by atoms with van der Waals surface area (Å²) in [6.45, 7) is 13.3. The molecule has 0 spiro atoms. The molecule has 0 aliphatic carbocycles. The number of carbonyl (C=O) groups is 1. The minimum absolute atomic E-state index is 0.108. The molecule has 1 heterocycles. The number of benzene rings is 1. The number of aromatic amines is 1. The van der Waals surface area contributed by atoms with Crippen LogP contribution in [-0.2, 0) is 28.9 Å². The Labute approximate surface area is 197 Å². The van der Waals surface area contributed by atoms with Gasteiger partial charge in [0.05, 0.1) is 24.5 Å². The lowest BCUT2D eigenvalue weighted by atomic mass is 9.98. The van der Waals surface area contributed by atoms with E-state index >= 15 is 0 Å². The molecule has 1 aromatic heterocycles. The van der Waals surface area contributed by atoms with Crippen molar-refractivity contribution in [2.45, 2.75) is 79.8 Å². The van der Waals surface area contributed by atoms with Crippen molar-refractivity contribution in [3.05, 3.63) is 45.4 Å². The van der Waals surface area contributed by atoms with Crippen molar-refractivity contribution in [2.24, 2.45) is 5.92 Å². The number of aryl methyl sites for hydroxylation is 1. The van der Waals surface area contributed by atoms with Crippen LogP contribution in [-0.4, -0.2) is 35.2 Å². The van der Waals surface area contributed by atoms with E-state index in [1.807, 2.05) is 52.8 Å². The Balaban J connectivity index is 2.42. The van der Waals surface area contributed by atoms with Crippen molar-refractivity contribution in [3.8, 4) is 17.1 Å². The van der Waals surface area contributed by atoms with Gasteiger partial charge in [0.25, 0.3) is 5.56 Å². The van der Waals surface area contributed by atoms with Crippen LogP contribution in [0.3, 0.4) is 0 Å². The Bertz CT molecular complexity index is 970. The second-order valence-electron chi connectivity index (χ2n) is 8.22. The standard InChI is InChI=1S/C26H39N3O4/c1-7-14-33-22-13-12-18(16-27-23(17(6)8-2)26(31)32-11-5)15-20(22)24-28-21(10-4)19(9-3)25(30)29-24/h12-13,15,17,23,27H,7-11,14,16H2,1-6H3,(H,28,29,30). The van der Waals surface area contributed by atoms with Gasteiger partial charge in [-0.3, -0.25) is 9.59 Å². The minimum atomic E-state index is -0.386. The lowest BCUT2D eigenvalue weighted by molar-refractivity contribution is -0.147. The molecule has 0 saturated heterocycles. The van der Waals surface area contributed by atoms with Crippen molar-refractivity contribution in [2.75, 3.05) is 13.2 Å². The molecule has 0 radical (unpaired) electrons. The van der Waals surface area contributed by atoms with E-state index in [1.165, 1.54) is 0 Å². The van der Waals surface area contributed by atoms with Gasteiger partial charge in [0.15, 0.2) is 0 Å². The molecule has 0 bridgehead atoms. The zero-order valence-corrected chi connectivity index (χ0v) is 20.9. The van der Waals surface area contributed by atoms with E-state index in [2.05, 4.69) is 17.2 Å². The summed E-state index contributed by atoms with van der Waals surface area (Å²) < 4.78 is 11.2. The number of ether oxygens (including phenoxy) is 2. The molecule has 7 nitrogen and oxygen atoms in total. The molecule has 7 heteroatoms. The van der Waals surface area contributed by atoms with Crippen LogP contribution in [0.2, 0.25) is 0 Å². The quantitative estimate of drug-likeness (QED) is 0.433. The van der Waals surface area contributed by atoms with Crippen molar-refractivity contribution in [1.29, 1.82) is 0 Å². The second-order valence-corrected chi connectivity index (χ2v) is 8.22. The molecule has 0 aliphatic rings. The molecule has 2 atom stereocenters. The SMILES string of the molecule is CCCOc1ccc(CNC(C(=O)OCC)C(C)CC)cc1-c1nc(CC)c(CC)c(=O)[nH]1. The monoisotopic (exact) mass is 457 g/mol. The van der Waals surface area contributed by atoms with Gasteiger partial charge in [-0.15, -0.1) is 0 Å². The zero-order chi connectivity index (χ0) is 24.4. The number of rotatable bonds is 13. The van der Waals surface area contributed by atoms with Crippen LogP contribution in [0.4, 0.5) is 0 Å². The molecule has 0 aliphatic heterocycles. The third-order valence-electron chi connectivity index (χ3n) is 5.83. The molecule has 0 amide bonds. The van der Waals surface area contributed by atoms with Crippen molar-refractivity contribution in [3.63, 3.8) is 0 Å². The third-order valence-corrected chi connectivity index (χ3v) is 5.83.